The molecule has 0 aromatic heterocycles. The van der Waals surface area contributed by atoms with Crippen LogP contribution < -0.4 is 5.73 Å². The largest absolute Gasteiger partial charge is 0.416 e. The van der Waals surface area contributed by atoms with Crippen molar-refractivity contribution in [3.8, 4) is 0 Å². The number of hydrogen-bond donors (Lipinski definition) is 1. The number of benzene rings is 1. The molecule has 1 heterocycles. The van der Waals surface area contributed by atoms with Crippen molar-refractivity contribution in [2.75, 3.05) is 13.1 Å². The van der Waals surface area contributed by atoms with Crippen LogP contribution in [0, 0.1) is 5.92 Å². The lowest BCUT2D eigenvalue weighted by molar-refractivity contribution is -0.138. The van der Waals surface area contributed by atoms with Crippen LogP contribution in [0.25, 0.3) is 0 Å². The summed E-state index contributed by atoms with van der Waals surface area (Å²) in [5.74, 6) is -0.562. The minimum absolute atomic E-state index is 0.0985. The highest BCUT2D eigenvalue weighted by atomic mass is 32.2. The molecule has 130 valence electrons. The van der Waals surface area contributed by atoms with Gasteiger partial charge in [0.25, 0.3) is 0 Å². The van der Waals surface area contributed by atoms with Crippen molar-refractivity contribution in [3.63, 3.8) is 0 Å². The number of nitrogens with zero attached hydrogens (tertiary/aromatic N) is 1. The molecular formula is C15H21F3N2O2S. The fourth-order valence-electron chi connectivity index (χ4n) is 3.11. The summed E-state index contributed by atoms with van der Waals surface area (Å²) in [7, 11) is -3.86. The van der Waals surface area contributed by atoms with Crippen molar-refractivity contribution in [1.82, 2.24) is 4.31 Å². The Kier molecular flexibility index (Phi) is 5.37. The predicted molar refractivity (Wildman–Crippen MR) is 82.0 cm³/mol. The zero-order chi connectivity index (χ0) is 17.3. The van der Waals surface area contributed by atoms with Gasteiger partial charge in [-0.25, -0.2) is 8.42 Å². The minimum Gasteiger partial charge on any atom is -0.329 e. The average Bonchev–Trinajstić information content (AvgIpc) is 2.46. The molecule has 1 fully saturated rings. The second kappa shape index (κ2) is 6.78. The summed E-state index contributed by atoms with van der Waals surface area (Å²) < 4.78 is 65.7. The Balaban J connectivity index is 2.32. The summed E-state index contributed by atoms with van der Waals surface area (Å²) in [5, 5.41) is 0. The van der Waals surface area contributed by atoms with Gasteiger partial charge in [-0.1, -0.05) is 25.1 Å². The summed E-state index contributed by atoms with van der Waals surface area (Å²) in [6.07, 6.45) is -3.01. The molecule has 0 bridgehead atoms. The van der Waals surface area contributed by atoms with Crippen LogP contribution in [0.2, 0.25) is 0 Å². The van der Waals surface area contributed by atoms with E-state index in [9.17, 15) is 21.6 Å². The molecule has 2 rings (SSSR count). The maximum Gasteiger partial charge on any atom is 0.416 e. The van der Waals surface area contributed by atoms with Crippen LogP contribution in [-0.2, 0) is 22.0 Å². The molecule has 1 aromatic carbocycles. The second-order valence-electron chi connectivity index (χ2n) is 5.94. The van der Waals surface area contributed by atoms with Crippen LogP contribution >= 0.6 is 0 Å². The van der Waals surface area contributed by atoms with E-state index in [4.69, 9.17) is 5.73 Å². The van der Waals surface area contributed by atoms with E-state index in [0.717, 1.165) is 12.5 Å². The highest BCUT2D eigenvalue weighted by Crippen LogP contribution is 2.34. The third-order valence-electron chi connectivity index (χ3n) is 4.32. The first-order valence-electron chi connectivity index (χ1n) is 7.51. The summed E-state index contributed by atoms with van der Waals surface area (Å²) in [6, 6.07) is 4.44. The highest BCUT2D eigenvalue weighted by molar-refractivity contribution is 7.88. The Morgan fingerprint density at radius 2 is 1.96 bits per heavy atom. The van der Waals surface area contributed by atoms with Gasteiger partial charge in [-0.05, 0) is 30.4 Å². The SMILES string of the molecule is CC1CCCN(S(=O)(=O)Cc2ccccc2C(F)(F)F)C1CN. The van der Waals surface area contributed by atoms with Crippen LogP contribution in [0.15, 0.2) is 24.3 Å². The van der Waals surface area contributed by atoms with Gasteiger partial charge < -0.3 is 5.73 Å². The minimum atomic E-state index is -4.57. The van der Waals surface area contributed by atoms with Crippen LogP contribution in [0.1, 0.15) is 30.9 Å². The first-order chi connectivity index (χ1) is 10.7. The summed E-state index contributed by atoms with van der Waals surface area (Å²) in [6.45, 7) is 2.40. The Morgan fingerprint density at radius 1 is 1.30 bits per heavy atom. The van der Waals surface area contributed by atoms with E-state index in [-0.39, 0.29) is 24.1 Å². The Hall–Kier alpha value is -1.12. The quantitative estimate of drug-likeness (QED) is 0.908. The Labute approximate surface area is 134 Å². The molecule has 0 spiro atoms. The van der Waals surface area contributed by atoms with Crippen LogP contribution in [-0.4, -0.2) is 31.9 Å². The van der Waals surface area contributed by atoms with Gasteiger partial charge in [0.05, 0.1) is 11.3 Å². The van der Waals surface area contributed by atoms with Crippen LogP contribution in [0.5, 0.6) is 0 Å². The molecule has 4 nitrogen and oxygen atoms in total. The first-order valence-corrected chi connectivity index (χ1v) is 9.12. The smallest absolute Gasteiger partial charge is 0.329 e. The maximum absolute atomic E-state index is 13.0. The van der Waals surface area contributed by atoms with Gasteiger partial charge in [-0.2, -0.15) is 17.5 Å². The lowest BCUT2D eigenvalue weighted by atomic mass is 9.93. The van der Waals surface area contributed by atoms with Crippen molar-refractivity contribution in [2.45, 2.75) is 37.7 Å². The monoisotopic (exact) mass is 350 g/mol. The normalized spacial score (nSPS) is 23.9. The van der Waals surface area contributed by atoms with E-state index in [1.165, 1.54) is 22.5 Å². The van der Waals surface area contributed by atoms with E-state index in [1.54, 1.807) is 0 Å². The third-order valence-corrected chi connectivity index (χ3v) is 6.17. The zero-order valence-corrected chi connectivity index (χ0v) is 13.7. The van der Waals surface area contributed by atoms with E-state index < -0.39 is 27.5 Å². The van der Waals surface area contributed by atoms with Gasteiger partial charge in [0.1, 0.15) is 0 Å². The Morgan fingerprint density at radius 3 is 2.57 bits per heavy atom. The molecule has 2 N–H and O–H groups in total. The molecule has 0 saturated carbocycles. The number of hydrogen-bond acceptors (Lipinski definition) is 3. The average molecular weight is 350 g/mol. The maximum atomic E-state index is 13.0. The molecule has 2 atom stereocenters. The molecule has 23 heavy (non-hydrogen) atoms. The van der Waals surface area contributed by atoms with Crippen molar-refractivity contribution in [1.29, 1.82) is 0 Å². The summed E-state index contributed by atoms with van der Waals surface area (Å²) >= 11 is 0. The van der Waals surface area contributed by atoms with Crippen LogP contribution in [0.4, 0.5) is 13.2 Å². The van der Waals surface area contributed by atoms with Crippen molar-refractivity contribution >= 4 is 10.0 Å². The molecule has 1 aliphatic rings. The lowest BCUT2D eigenvalue weighted by Crippen LogP contribution is -2.51. The van der Waals surface area contributed by atoms with Gasteiger partial charge in [0.2, 0.25) is 10.0 Å². The number of halogens is 3. The standard InChI is InChI=1S/C15H21F3N2O2S/c1-11-5-4-8-20(14(11)9-19)23(21,22)10-12-6-2-3-7-13(12)15(16,17)18/h2-3,6-7,11,14H,4-5,8-10,19H2,1H3. The molecular weight excluding hydrogens is 329 g/mol. The van der Waals surface area contributed by atoms with Crippen molar-refractivity contribution in [2.24, 2.45) is 11.7 Å². The van der Waals surface area contributed by atoms with Crippen LogP contribution in [0.3, 0.4) is 0 Å². The first kappa shape index (κ1) is 18.2. The van der Waals surface area contributed by atoms with Gasteiger partial charge in [-0.15, -0.1) is 0 Å². The summed E-state index contributed by atoms with van der Waals surface area (Å²) in [4.78, 5) is 0. The molecule has 1 aromatic rings. The second-order valence-corrected chi connectivity index (χ2v) is 7.87. The molecule has 2 unspecified atom stereocenters. The number of piperidine rings is 1. The number of sulfonamides is 1. The fourth-order valence-corrected chi connectivity index (χ4v) is 5.03. The number of nitrogens with two attached hydrogens (primary N) is 1. The fraction of sp³-hybridized carbons (Fsp3) is 0.600. The van der Waals surface area contributed by atoms with Gasteiger partial charge in [-0.3, -0.25) is 0 Å². The molecule has 0 amide bonds. The van der Waals surface area contributed by atoms with Gasteiger partial charge in [0, 0.05) is 19.1 Å². The Bertz CT molecular complexity index is 646. The van der Waals surface area contributed by atoms with E-state index >= 15 is 0 Å². The number of rotatable bonds is 4. The topological polar surface area (TPSA) is 63.4 Å². The van der Waals surface area contributed by atoms with E-state index in [0.29, 0.717) is 13.0 Å². The lowest BCUT2D eigenvalue weighted by Gasteiger charge is -2.38. The van der Waals surface area contributed by atoms with E-state index in [1.807, 2.05) is 6.92 Å². The third kappa shape index (κ3) is 4.05. The molecule has 1 aliphatic heterocycles. The van der Waals surface area contributed by atoms with Crippen molar-refractivity contribution in [3.05, 3.63) is 35.4 Å². The molecule has 1 saturated heterocycles. The van der Waals surface area contributed by atoms with E-state index in [2.05, 4.69) is 0 Å². The number of alkyl halides is 3. The van der Waals surface area contributed by atoms with Gasteiger partial charge in [0.15, 0.2) is 0 Å². The highest BCUT2D eigenvalue weighted by Gasteiger charge is 2.38. The molecule has 0 radical (unpaired) electrons. The predicted octanol–water partition coefficient (Wildman–Crippen LogP) is 2.59. The van der Waals surface area contributed by atoms with Gasteiger partial charge >= 0.3 is 6.18 Å². The molecule has 8 heteroatoms. The van der Waals surface area contributed by atoms with Crippen molar-refractivity contribution < 1.29 is 21.6 Å². The zero-order valence-electron chi connectivity index (χ0n) is 12.9. The molecule has 0 aliphatic carbocycles. The summed E-state index contributed by atoms with van der Waals surface area (Å²) in [5.41, 5.74) is 4.55.